The zero-order valence-electron chi connectivity index (χ0n) is 10.1. The molecule has 0 saturated carbocycles. The zero-order chi connectivity index (χ0) is 13.0. The van der Waals surface area contributed by atoms with Gasteiger partial charge in [0.05, 0.1) is 5.35 Å². The van der Waals surface area contributed by atoms with Gasteiger partial charge in [-0.2, -0.15) is 0 Å². The lowest BCUT2D eigenvalue weighted by atomic mass is 10.1. The largest absolute Gasteiger partial charge is 0.236 e. The topological polar surface area (TPSA) is 25.8 Å². The smallest absolute Gasteiger partial charge is 0.139 e. The first-order chi connectivity index (χ1) is 8.72. The molecule has 90 valence electrons. The number of rotatable bonds is 2. The molecule has 0 atom stereocenters. The van der Waals surface area contributed by atoms with Gasteiger partial charge in [0.2, 0.25) is 0 Å². The average Bonchev–Trinajstić information content (AvgIpc) is 2.40. The molecule has 1 aromatic heterocycles. The van der Waals surface area contributed by atoms with Gasteiger partial charge >= 0.3 is 0 Å². The van der Waals surface area contributed by atoms with Crippen molar-refractivity contribution < 1.29 is 0 Å². The molecule has 1 aromatic carbocycles. The number of hydrogen-bond acceptors (Lipinski definition) is 2. The molecule has 0 N–H and O–H groups in total. The zero-order valence-corrected chi connectivity index (χ0v) is 10.9. The van der Waals surface area contributed by atoms with Crippen molar-refractivity contribution in [2.24, 2.45) is 0 Å². The number of aromatic nitrogens is 2. The quantitative estimate of drug-likeness (QED) is 0.772. The van der Waals surface area contributed by atoms with Crippen LogP contribution in [0.2, 0.25) is 5.15 Å². The van der Waals surface area contributed by atoms with Gasteiger partial charge in [-0.3, -0.25) is 0 Å². The van der Waals surface area contributed by atoms with E-state index in [-0.39, 0.29) is 0 Å². The molecule has 0 radical (unpaired) electrons. The van der Waals surface area contributed by atoms with Crippen molar-refractivity contribution in [1.82, 2.24) is 9.97 Å². The molecule has 0 fully saturated rings. The van der Waals surface area contributed by atoms with Gasteiger partial charge in [0.15, 0.2) is 0 Å². The fourth-order valence-electron chi connectivity index (χ4n) is 1.67. The fourth-order valence-corrected chi connectivity index (χ4v) is 1.92. The molecule has 0 aliphatic carbocycles. The van der Waals surface area contributed by atoms with Crippen LogP contribution in [0.1, 0.15) is 12.5 Å². The van der Waals surface area contributed by atoms with Gasteiger partial charge in [0.25, 0.3) is 0 Å². The number of hydrogen-bond donors (Lipinski definition) is 0. The second-order valence-electron chi connectivity index (χ2n) is 3.79. The minimum atomic E-state index is 0.458. The SMILES string of the molecule is C=C(C=c1ncnc(Cl)c1=CC)c1ccccc1. The first kappa shape index (κ1) is 12.5. The molecule has 0 aliphatic rings. The van der Waals surface area contributed by atoms with Crippen molar-refractivity contribution in [2.75, 3.05) is 0 Å². The third-order valence-electron chi connectivity index (χ3n) is 2.61. The molecule has 0 amide bonds. The lowest BCUT2D eigenvalue weighted by Crippen LogP contribution is -2.29. The highest BCUT2D eigenvalue weighted by molar-refractivity contribution is 6.29. The predicted molar refractivity (Wildman–Crippen MR) is 76.4 cm³/mol. The van der Waals surface area contributed by atoms with Crippen molar-refractivity contribution in [3.8, 4) is 0 Å². The molecule has 0 bridgehead atoms. The van der Waals surface area contributed by atoms with Gasteiger partial charge in [-0.25, -0.2) is 9.97 Å². The minimum absolute atomic E-state index is 0.458. The van der Waals surface area contributed by atoms with E-state index < -0.39 is 0 Å². The Morgan fingerprint density at radius 1 is 1.22 bits per heavy atom. The van der Waals surface area contributed by atoms with Crippen LogP contribution in [0.25, 0.3) is 17.7 Å². The van der Waals surface area contributed by atoms with Crippen LogP contribution in [0.5, 0.6) is 0 Å². The second kappa shape index (κ2) is 5.61. The van der Waals surface area contributed by atoms with Crippen molar-refractivity contribution in [1.29, 1.82) is 0 Å². The normalized spacial score (nSPS) is 12.8. The van der Waals surface area contributed by atoms with Gasteiger partial charge < -0.3 is 0 Å². The van der Waals surface area contributed by atoms with Crippen LogP contribution in [0, 0.1) is 0 Å². The summed E-state index contributed by atoms with van der Waals surface area (Å²) >= 11 is 6.03. The molecule has 1 heterocycles. The molecular weight excluding hydrogens is 244 g/mol. The molecular formula is C15H13ClN2. The molecule has 3 heteroatoms. The Balaban J connectivity index is 2.54. The van der Waals surface area contributed by atoms with E-state index in [0.717, 1.165) is 21.7 Å². The van der Waals surface area contributed by atoms with E-state index in [0.29, 0.717) is 5.15 Å². The van der Waals surface area contributed by atoms with E-state index in [1.165, 1.54) is 6.33 Å². The summed E-state index contributed by atoms with van der Waals surface area (Å²) in [7, 11) is 0. The van der Waals surface area contributed by atoms with Gasteiger partial charge in [0.1, 0.15) is 11.5 Å². The van der Waals surface area contributed by atoms with Gasteiger partial charge in [-0.1, -0.05) is 54.6 Å². The standard InChI is InChI=1S/C15H13ClN2/c1-3-13-14(17-10-18-15(13)16)9-11(2)12-7-5-4-6-8-12/h3-10H,2H2,1H3. The Morgan fingerprint density at radius 3 is 2.61 bits per heavy atom. The molecule has 0 unspecified atom stereocenters. The summed E-state index contributed by atoms with van der Waals surface area (Å²) in [5.74, 6) is 0. The molecule has 18 heavy (non-hydrogen) atoms. The van der Waals surface area contributed by atoms with Crippen LogP contribution in [0.3, 0.4) is 0 Å². The van der Waals surface area contributed by atoms with Crippen LogP contribution in [0.4, 0.5) is 0 Å². The fraction of sp³-hybridized carbons (Fsp3) is 0.0667. The minimum Gasteiger partial charge on any atom is -0.236 e. The van der Waals surface area contributed by atoms with E-state index in [2.05, 4.69) is 16.5 Å². The summed E-state index contributed by atoms with van der Waals surface area (Å²) in [6.07, 6.45) is 5.27. The van der Waals surface area contributed by atoms with E-state index in [1.807, 2.05) is 49.4 Å². The predicted octanol–water partition coefficient (Wildman–Crippen LogP) is 2.42. The van der Waals surface area contributed by atoms with Crippen LogP contribution in [0.15, 0.2) is 43.2 Å². The summed E-state index contributed by atoms with van der Waals surface area (Å²) in [6.45, 7) is 5.96. The highest BCUT2D eigenvalue weighted by Crippen LogP contribution is 2.11. The van der Waals surface area contributed by atoms with Gasteiger partial charge in [0, 0.05) is 5.22 Å². The van der Waals surface area contributed by atoms with Crippen LogP contribution in [-0.4, -0.2) is 9.97 Å². The van der Waals surface area contributed by atoms with Crippen LogP contribution >= 0.6 is 11.6 Å². The molecule has 0 spiro atoms. The maximum absolute atomic E-state index is 6.03. The van der Waals surface area contributed by atoms with Crippen molar-refractivity contribution in [3.63, 3.8) is 0 Å². The van der Waals surface area contributed by atoms with E-state index in [9.17, 15) is 0 Å². The van der Waals surface area contributed by atoms with Crippen LogP contribution < -0.4 is 10.6 Å². The Kier molecular flexibility index (Phi) is 3.90. The second-order valence-corrected chi connectivity index (χ2v) is 4.15. The summed E-state index contributed by atoms with van der Waals surface area (Å²) in [6, 6.07) is 9.96. The lowest BCUT2D eigenvalue weighted by molar-refractivity contribution is 1.10. The average molecular weight is 257 g/mol. The summed E-state index contributed by atoms with van der Waals surface area (Å²) in [5.41, 5.74) is 1.96. The molecule has 0 saturated heterocycles. The van der Waals surface area contributed by atoms with E-state index >= 15 is 0 Å². The monoisotopic (exact) mass is 256 g/mol. The number of benzene rings is 1. The Bertz CT molecular complexity index is 675. The molecule has 2 rings (SSSR count). The Morgan fingerprint density at radius 2 is 1.94 bits per heavy atom. The van der Waals surface area contributed by atoms with Gasteiger partial charge in [-0.15, -0.1) is 0 Å². The third-order valence-corrected chi connectivity index (χ3v) is 2.91. The van der Waals surface area contributed by atoms with E-state index in [1.54, 1.807) is 0 Å². The summed E-state index contributed by atoms with van der Waals surface area (Å²) in [5, 5.41) is 2.07. The lowest BCUT2D eigenvalue weighted by Gasteiger charge is -1.99. The first-order valence-corrected chi connectivity index (χ1v) is 5.99. The summed E-state index contributed by atoms with van der Waals surface area (Å²) < 4.78 is 0. The first-order valence-electron chi connectivity index (χ1n) is 5.61. The number of halogens is 1. The highest BCUT2D eigenvalue weighted by Gasteiger charge is 1.97. The molecule has 2 nitrogen and oxygen atoms in total. The van der Waals surface area contributed by atoms with Crippen molar-refractivity contribution >= 4 is 29.3 Å². The maximum Gasteiger partial charge on any atom is 0.139 e. The highest BCUT2D eigenvalue weighted by atomic mass is 35.5. The summed E-state index contributed by atoms with van der Waals surface area (Å²) in [4.78, 5) is 8.20. The van der Waals surface area contributed by atoms with Crippen LogP contribution in [-0.2, 0) is 0 Å². The number of allylic oxidation sites excluding steroid dienone is 1. The van der Waals surface area contributed by atoms with Gasteiger partial charge in [-0.05, 0) is 24.1 Å². The maximum atomic E-state index is 6.03. The van der Waals surface area contributed by atoms with E-state index in [4.69, 9.17) is 11.6 Å². The third kappa shape index (κ3) is 2.66. The van der Waals surface area contributed by atoms with Crippen molar-refractivity contribution in [3.05, 3.63) is 64.5 Å². The molecule has 2 aromatic rings. The van der Waals surface area contributed by atoms with Crippen molar-refractivity contribution in [2.45, 2.75) is 6.92 Å². The molecule has 0 aliphatic heterocycles. The Hall–Kier alpha value is -1.93. The Labute approximate surface area is 111 Å². The number of nitrogens with zero attached hydrogens (tertiary/aromatic N) is 2.